The van der Waals surface area contributed by atoms with Gasteiger partial charge in [-0.15, -0.1) is 0 Å². The van der Waals surface area contributed by atoms with Crippen molar-refractivity contribution in [1.82, 2.24) is 5.32 Å². The highest BCUT2D eigenvalue weighted by Gasteiger charge is 2.40. The summed E-state index contributed by atoms with van der Waals surface area (Å²) in [6.45, 7) is -0.296. The van der Waals surface area contributed by atoms with Crippen molar-refractivity contribution in [1.29, 1.82) is 0 Å². The minimum absolute atomic E-state index is 0.221. The number of halogens is 3. The van der Waals surface area contributed by atoms with Gasteiger partial charge in [-0.25, -0.2) is 4.79 Å². The maximum Gasteiger partial charge on any atom is 0.471 e. The minimum Gasteiger partial charge on any atom is -0.494 e. The maximum absolute atomic E-state index is 12.1. The van der Waals surface area contributed by atoms with Crippen LogP contribution in [-0.4, -0.2) is 53.0 Å². The standard InChI is InChI=1S/C14H12F3N2O6/c15-14(16,17)13(23)18-10(12(21)22)5-6-25-9-3-1-8(2-4-9)11(7-20)19-24/h1-4,10,24H,5-6H2,(H,18,23)(H,21,22)/b19-11+. The number of carbonyl (C=O) groups excluding carboxylic acids is 2. The van der Waals surface area contributed by atoms with Gasteiger partial charge >= 0.3 is 18.1 Å². The third-order valence-corrected chi connectivity index (χ3v) is 2.86. The van der Waals surface area contributed by atoms with Gasteiger partial charge in [0.15, 0.2) is 5.71 Å². The van der Waals surface area contributed by atoms with Gasteiger partial charge in [-0.05, 0) is 24.3 Å². The first-order valence-corrected chi connectivity index (χ1v) is 6.63. The number of rotatable bonds is 8. The van der Waals surface area contributed by atoms with E-state index in [0.717, 1.165) is 0 Å². The van der Waals surface area contributed by atoms with Gasteiger partial charge in [0.2, 0.25) is 0 Å². The Balaban J connectivity index is 2.60. The first-order chi connectivity index (χ1) is 11.7. The number of nitrogens with zero attached hydrogens (tertiary/aromatic N) is 1. The molecule has 3 N–H and O–H groups in total. The quantitative estimate of drug-likeness (QED) is 0.358. The normalized spacial score (nSPS) is 13.0. The number of carboxylic acid groups (broad SMARTS) is 1. The van der Waals surface area contributed by atoms with E-state index in [4.69, 9.17) is 15.1 Å². The number of carboxylic acids is 1. The highest BCUT2D eigenvalue weighted by molar-refractivity contribution is 6.36. The summed E-state index contributed by atoms with van der Waals surface area (Å²) in [4.78, 5) is 32.1. The molecule has 8 nitrogen and oxygen atoms in total. The van der Waals surface area contributed by atoms with Crippen LogP contribution in [0.15, 0.2) is 29.4 Å². The van der Waals surface area contributed by atoms with Crippen molar-refractivity contribution >= 4 is 23.9 Å². The van der Waals surface area contributed by atoms with Crippen LogP contribution in [0.4, 0.5) is 13.2 Å². The number of hydrogen-bond acceptors (Lipinski definition) is 6. The lowest BCUT2D eigenvalue weighted by Gasteiger charge is -2.16. The number of alkyl halides is 3. The molecule has 25 heavy (non-hydrogen) atoms. The van der Waals surface area contributed by atoms with Crippen LogP contribution in [0.25, 0.3) is 0 Å². The van der Waals surface area contributed by atoms with E-state index in [9.17, 15) is 27.6 Å². The second-order valence-electron chi connectivity index (χ2n) is 4.57. The zero-order valence-corrected chi connectivity index (χ0v) is 12.4. The zero-order valence-electron chi connectivity index (χ0n) is 12.4. The molecule has 0 bridgehead atoms. The largest absolute Gasteiger partial charge is 0.494 e. The fourth-order valence-electron chi connectivity index (χ4n) is 1.64. The molecular weight excluding hydrogens is 349 g/mol. The summed E-state index contributed by atoms with van der Waals surface area (Å²) in [5.41, 5.74) is -0.0990. The molecule has 1 radical (unpaired) electrons. The van der Waals surface area contributed by atoms with E-state index in [1.807, 2.05) is 0 Å². The van der Waals surface area contributed by atoms with E-state index >= 15 is 0 Å². The monoisotopic (exact) mass is 361 g/mol. The first-order valence-electron chi connectivity index (χ1n) is 6.63. The van der Waals surface area contributed by atoms with Gasteiger partial charge in [-0.1, -0.05) is 5.16 Å². The topological polar surface area (TPSA) is 125 Å². The van der Waals surface area contributed by atoms with Crippen LogP contribution in [-0.2, 0) is 14.4 Å². The number of benzene rings is 1. The van der Waals surface area contributed by atoms with E-state index in [2.05, 4.69) is 5.16 Å². The molecule has 0 aliphatic heterocycles. The fraction of sp³-hybridized carbons (Fsp3) is 0.286. The molecule has 0 saturated heterocycles. The molecule has 0 heterocycles. The molecule has 11 heteroatoms. The van der Waals surface area contributed by atoms with Crippen LogP contribution in [0.1, 0.15) is 12.0 Å². The molecule has 0 aliphatic carbocycles. The number of aliphatic carboxylic acids is 1. The van der Waals surface area contributed by atoms with Gasteiger partial charge in [0.25, 0.3) is 6.29 Å². The molecule has 0 spiro atoms. The summed E-state index contributed by atoms with van der Waals surface area (Å²) in [6, 6.07) is 3.67. The average Bonchev–Trinajstić information content (AvgIpc) is 2.55. The Morgan fingerprint density at radius 1 is 1.28 bits per heavy atom. The second-order valence-corrected chi connectivity index (χ2v) is 4.57. The smallest absolute Gasteiger partial charge is 0.471 e. The lowest BCUT2D eigenvalue weighted by molar-refractivity contribution is -0.175. The predicted molar refractivity (Wildman–Crippen MR) is 76.2 cm³/mol. The van der Waals surface area contributed by atoms with Gasteiger partial charge in [0, 0.05) is 12.0 Å². The van der Waals surface area contributed by atoms with E-state index < -0.39 is 30.5 Å². The lowest BCUT2D eigenvalue weighted by Crippen LogP contribution is -2.47. The summed E-state index contributed by atoms with van der Waals surface area (Å²) in [6.07, 6.45) is -4.20. The highest BCUT2D eigenvalue weighted by Crippen LogP contribution is 2.16. The molecule has 1 aromatic carbocycles. The van der Waals surface area contributed by atoms with Gasteiger partial charge in [-0.3, -0.25) is 9.59 Å². The third kappa shape index (κ3) is 6.12. The Bertz CT molecular complexity index is 658. The van der Waals surface area contributed by atoms with E-state index in [-0.39, 0.29) is 23.6 Å². The van der Waals surface area contributed by atoms with Crippen molar-refractivity contribution < 1.29 is 42.6 Å². The zero-order chi connectivity index (χ0) is 19.0. The fourth-order valence-corrected chi connectivity index (χ4v) is 1.64. The van der Waals surface area contributed by atoms with Crippen molar-refractivity contribution in [2.75, 3.05) is 6.61 Å². The van der Waals surface area contributed by atoms with Crippen LogP contribution in [0.2, 0.25) is 0 Å². The molecule has 1 unspecified atom stereocenters. The Hall–Kier alpha value is -3.11. The number of carbonyl (C=O) groups is 2. The molecule has 1 rings (SSSR count). The maximum atomic E-state index is 12.1. The van der Waals surface area contributed by atoms with E-state index in [1.165, 1.54) is 35.9 Å². The van der Waals surface area contributed by atoms with Crippen molar-refractivity contribution in [3.05, 3.63) is 29.8 Å². The molecule has 1 aromatic rings. The van der Waals surface area contributed by atoms with Gasteiger partial charge in [0.05, 0.1) is 6.61 Å². The first kappa shape index (κ1) is 19.9. The van der Waals surface area contributed by atoms with E-state index in [1.54, 1.807) is 0 Å². The molecule has 135 valence electrons. The van der Waals surface area contributed by atoms with Gasteiger partial charge in [-0.2, -0.15) is 13.2 Å². The summed E-state index contributed by atoms with van der Waals surface area (Å²) in [7, 11) is 0. The second kappa shape index (κ2) is 8.66. The van der Waals surface area contributed by atoms with Crippen molar-refractivity contribution in [2.24, 2.45) is 5.16 Å². The molecule has 1 amide bonds. The Kier molecular flexibility index (Phi) is 6.91. The summed E-state index contributed by atoms with van der Waals surface area (Å²) >= 11 is 0. The number of amides is 1. The average molecular weight is 361 g/mol. The molecule has 0 saturated carbocycles. The van der Waals surface area contributed by atoms with Crippen LogP contribution < -0.4 is 10.1 Å². The lowest BCUT2D eigenvalue weighted by atomic mass is 10.1. The number of hydrogen-bond donors (Lipinski definition) is 3. The SMILES string of the molecule is O=[C]/C(=N\O)c1ccc(OCCC(NC(=O)C(F)(F)F)C(=O)O)cc1. The number of nitrogens with one attached hydrogen (secondary N) is 1. The van der Waals surface area contributed by atoms with Crippen molar-refractivity contribution in [3.8, 4) is 5.75 Å². The van der Waals surface area contributed by atoms with Crippen LogP contribution in [0.3, 0.4) is 0 Å². The minimum atomic E-state index is -5.19. The Morgan fingerprint density at radius 3 is 2.32 bits per heavy atom. The van der Waals surface area contributed by atoms with Crippen LogP contribution >= 0.6 is 0 Å². The van der Waals surface area contributed by atoms with Gasteiger partial charge in [0.1, 0.15) is 11.8 Å². The molecule has 0 aliphatic rings. The summed E-state index contributed by atoms with van der Waals surface area (Å²) < 4.78 is 41.6. The Labute approximate surface area is 138 Å². The highest BCUT2D eigenvalue weighted by atomic mass is 19.4. The summed E-state index contributed by atoms with van der Waals surface area (Å²) in [5.74, 6) is -3.77. The van der Waals surface area contributed by atoms with Gasteiger partial charge < -0.3 is 20.4 Å². The third-order valence-electron chi connectivity index (χ3n) is 2.86. The number of oxime groups is 1. The molecular formula is C14H12F3N2O6. The molecule has 0 aromatic heterocycles. The van der Waals surface area contributed by atoms with E-state index in [0.29, 0.717) is 0 Å². The predicted octanol–water partition coefficient (Wildman–Crippen LogP) is 0.875. The van der Waals surface area contributed by atoms with Crippen molar-refractivity contribution in [3.63, 3.8) is 0 Å². The number of ether oxygens (including phenoxy) is 1. The van der Waals surface area contributed by atoms with Crippen molar-refractivity contribution in [2.45, 2.75) is 18.6 Å². The molecule has 0 fully saturated rings. The van der Waals surface area contributed by atoms with Crippen LogP contribution in [0, 0.1) is 0 Å². The van der Waals surface area contributed by atoms with Crippen LogP contribution in [0.5, 0.6) is 5.75 Å². The Morgan fingerprint density at radius 2 is 1.88 bits per heavy atom. The molecule has 1 atom stereocenters. The summed E-state index contributed by atoms with van der Waals surface area (Å²) in [5, 5.41) is 21.4.